The molecule has 0 saturated heterocycles. The Balaban J connectivity index is 2.43. The summed E-state index contributed by atoms with van der Waals surface area (Å²) in [7, 11) is 0. The summed E-state index contributed by atoms with van der Waals surface area (Å²) in [4.78, 5) is 0. The van der Waals surface area contributed by atoms with Crippen LogP contribution in [0.3, 0.4) is 0 Å². The summed E-state index contributed by atoms with van der Waals surface area (Å²) in [5.41, 5.74) is 1.20. The van der Waals surface area contributed by atoms with Crippen molar-refractivity contribution >= 4 is 0 Å². The summed E-state index contributed by atoms with van der Waals surface area (Å²) in [6, 6.07) is 1.98. The summed E-state index contributed by atoms with van der Waals surface area (Å²) in [5.74, 6) is 1.19. The average molecular weight is 138 g/mol. The molecule has 2 heterocycles. The molecule has 54 valence electrons. The number of fused-ring (bicyclic) bond motifs is 1. The fraction of sp³-hybridized carbons (Fsp3) is 0.500. The van der Waals surface area contributed by atoms with Gasteiger partial charge in [-0.05, 0) is 13.0 Å². The molecular weight excluding hydrogens is 128 g/mol. The maximum Gasteiger partial charge on any atom is 0.288 e. The Morgan fingerprint density at radius 1 is 1.40 bits per heavy atom. The molecule has 2 atom stereocenters. The highest BCUT2D eigenvalue weighted by Gasteiger charge is 2.29. The standard InChI is InChI=1S/C8H10O2/c1-5-6(2)10-8-7(5)3-4-9-8/h3-6H,1-2H3. The monoisotopic (exact) mass is 138 g/mol. The number of ether oxygens (including phenoxy) is 1. The Bertz CT molecular complexity index is 239. The van der Waals surface area contributed by atoms with Crippen LogP contribution in [0.2, 0.25) is 0 Å². The third-order valence-electron chi connectivity index (χ3n) is 2.15. The van der Waals surface area contributed by atoms with Gasteiger partial charge in [0.05, 0.1) is 6.26 Å². The van der Waals surface area contributed by atoms with Crippen LogP contribution < -0.4 is 4.74 Å². The first kappa shape index (κ1) is 5.83. The maximum absolute atomic E-state index is 5.39. The highest BCUT2D eigenvalue weighted by molar-refractivity contribution is 5.31. The molecule has 0 aromatic carbocycles. The zero-order valence-corrected chi connectivity index (χ0v) is 6.13. The lowest BCUT2D eigenvalue weighted by molar-refractivity contribution is 0.186. The van der Waals surface area contributed by atoms with Gasteiger partial charge in [0.2, 0.25) is 0 Å². The van der Waals surface area contributed by atoms with Crippen molar-refractivity contribution < 1.29 is 9.15 Å². The van der Waals surface area contributed by atoms with Gasteiger partial charge in [0, 0.05) is 11.5 Å². The molecular formula is C8H10O2. The van der Waals surface area contributed by atoms with E-state index < -0.39 is 0 Å². The number of furan rings is 1. The summed E-state index contributed by atoms with van der Waals surface area (Å²) in [6.45, 7) is 4.20. The zero-order chi connectivity index (χ0) is 7.14. The molecule has 0 spiro atoms. The molecule has 1 aliphatic heterocycles. The quantitative estimate of drug-likeness (QED) is 0.548. The second-order valence-corrected chi connectivity index (χ2v) is 2.78. The van der Waals surface area contributed by atoms with Gasteiger partial charge in [-0.2, -0.15) is 0 Å². The smallest absolute Gasteiger partial charge is 0.288 e. The van der Waals surface area contributed by atoms with Crippen LogP contribution in [0, 0.1) is 0 Å². The molecule has 10 heavy (non-hydrogen) atoms. The van der Waals surface area contributed by atoms with Crippen LogP contribution in [-0.2, 0) is 0 Å². The molecule has 0 saturated carbocycles. The first-order chi connectivity index (χ1) is 4.79. The second kappa shape index (κ2) is 1.78. The lowest BCUT2D eigenvalue weighted by Gasteiger charge is -2.06. The molecule has 2 nitrogen and oxygen atoms in total. The van der Waals surface area contributed by atoms with E-state index in [1.807, 2.05) is 6.07 Å². The van der Waals surface area contributed by atoms with E-state index in [4.69, 9.17) is 9.15 Å². The van der Waals surface area contributed by atoms with Crippen LogP contribution in [0.15, 0.2) is 16.7 Å². The van der Waals surface area contributed by atoms with Crippen molar-refractivity contribution in [2.24, 2.45) is 0 Å². The fourth-order valence-corrected chi connectivity index (χ4v) is 1.26. The summed E-state index contributed by atoms with van der Waals surface area (Å²) >= 11 is 0. The highest BCUT2D eigenvalue weighted by atomic mass is 16.6. The van der Waals surface area contributed by atoms with Crippen molar-refractivity contribution in [1.82, 2.24) is 0 Å². The normalized spacial score (nSPS) is 29.8. The predicted octanol–water partition coefficient (Wildman–Crippen LogP) is 2.16. The van der Waals surface area contributed by atoms with Crippen LogP contribution in [0.5, 0.6) is 5.95 Å². The average Bonchev–Trinajstić information content (AvgIpc) is 2.41. The summed E-state index contributed by atoms with van der Waals surface area (Å²) in [5, 5.41) is 0. The number of hydrogen-bond acceptors (Lipinski definition) is 2. The van der Waals surface area contributed by atoms with Gasteiger partial charge >= 0.3 is 0 Å². The molecule has 0 radical (unpaired) electrons. The fourth-order valence-electron chi connectivity index (χ4n) is 1.26. The van der Waals surface area contributed by atoms with E-state index in [0.717, 1.165) is 0 Å². The molecule has 2 unspecified atom stereocenters. The summed E-state index contributed by atoms with van der Waals surface area (Å²) < 4.78 is 10.5. The van der Waals surface area contributed by atoms with Gasteiger partial charge in [0.1, 0.15) is 6.10 Å². The van der Waals surface area contributed by atoms with Crippen LogP contribution >= 0.6 is 0 Å². The molecule has 2 heteroatoms. The molecule has 0 N–H and O–H groups in total. The lowest BCUT2D eigenvalue weighted by Crippen LogP contribution is -2.10. The summed E-state index contributed by atoms with van der Waals surface area (Å²) in [6.07, 6.45) is 1.95. The zero-order valence-electron chi connectivity index (χ0n) is 6.13. The number of hydrogen-bond donors (Lipinski definition) is 0. The van der Waals surface area contributed by atoms with E-state index in [1.165, 1.54) is 5.56 Å². The first-order valence-electron chi connectivity index (χ1n) is 3.53. The van der Waals surface area contributed by atoms with Crippen LogP contribution in [0.4, 0.5) is 0 Å². The predicted molar refractivity (Wildman–Crippen MR) is 37.2 cm³/mol. The van der Waals surface area contributed by atoms with Gasteiger partial charge in [0.25, 0.3) is 5.95 Å². The van der Waals surface area contributed by atoms with Gasteiger partial charge in [-0.25, -0.2) is 0 Å². The molecule has 0 aliphatic carbocycles. The maximum atomic E-state index is 5.39. The second-order valence-electron chi connectivity index (χ2n) is 2.78. The lowest BCUT2D eigenvalue weighted by atomic mass is 10.0. The van der Waals surface area contributed by atoms with E-state index in [0.29, 0.717) is 11.9 Å². The van der Waals surface area contributed by atoms with Crippen LogP contribution in [0.25, 0.3) is 0 Å². The van der Waals surface area contributed by atoms with Crippen molar-refractivity contribution in [3.8, 4) is 5.95 Å². The molecule has 0 amide bonds. The minimum absolute atomic E-state index is 0.273. The Morgan fingerprint density at radius 3 is 2.90 bits per heavy atom. The van der Waals surface area contributed by atoms with Gasteiger partial charge in [0.15, 0.2) is 0 Å². The third-order valence-corrected chi connectivity index (χ3v) is 2.15. The van der Waals surface area contributed by atoms with E-state index in [2.05, 4.69) is 13.8 Å². The SMILES string of the molecule is CC1Oc2occc2C1C. The van der Waals surface area contributed by atoms with E-state index >= 15 is 0 Å². The third kappa shape index (κ3) is 0.589. The van der Waals surface area contributed by atoms with Crippen LogP contribution in [0.1, 0.15) is 25.3 Å². The van der Waals surface area contributed by atoms with E-state index in [-0.39, 0.29) is 6.10 Å². The molecule has 0 bridgehead atoms. The van der Waals surface area contributed by atoms with Crippen molar-refractivity contribution in [2.75, 3.05) is 0 Å². The van der Waals surface area contributed by atoms with Crippen LogP contribution in [-0.4, -0.2) is 6.10 Å². The molecule has 0 fully saturated rings. The molecule has 2 rings (SSSR count). The van der Waals surface area contributed by atoms with E-state index in [9.17, 15) is 0 Å². The van der Waals surface area contributed by atoms with Crippen molar-refractivity contribution in [2.45, 2.75) is 25.9 Å². The van der Waals surface area contributed by atoms with Gasteiger partial charge in [-0.15, -0.1) is 0 Å². The van der Waals surface area contributed by atoms with Gasteiger partial charge in [-0.1, -0.05) is 6.92 Å². The Morgan fingerprint density at radius 2 is 2.20 bits per heavy atom. The molecule has 1 aromatic rings. The Hall–Kier alpha value is -0.920. The topological polar surface area (TPSA) is 22.4 Å². The van der Waals surface area contributed by atoms with Crippen molar-refractivity contribution in [1.29, 1.82) is 0 Å². The molecule has 1 aromatic heterocycles. The van der Waals surface area contributed by atoms with Crippen molar-refractivity contribution in [3.63, 3.8) is 0 Å². The first-order valence-corrected chi connectivity index (χ1v) is 3.53. The van der Waals surface area contributed by atoms with Crippen molar-refractivity contribution in [3.05, 3.63) is 17.9 Å². The van der Waals surface area contributed by atoms with Gasteiger partial charge < -0.3 is 9.15 Å². The minimum atomic E-state index is 0.273. The van der Waals surface area contributed by atoms with Gasteiger partial charge in [-0.3, -0.25) is 0 Å². The van der Waals surface area contributed by atoms with E-state index in [1.54, 1.807) is 6.26 Å². The largest absolute Gasteiger partial charge is 0.461 e. The minimum Gasteiger partial charge on any atom is -0.461 e. The highest BCUT2D eigenvalue weighted by Crippen LogP contribution is 2.38. The Labute approximate surface area is 59.8 Å². The Kier molecular flexibility index (Phi) is 1.04. The number of rotatable bonds is 0. The molecule has 1 aliphatic rings.